The van der Waals surface area contributed by atoms with Gasteiger partial charge >= 0.3 is 12.0 Å². The minimum atomic E-state index is -0.768. The molecular formula is C15H21N3O3. The number of hydrogen-bond donors (Lipinski definition) is 2. The fourth-order valence-electron chi connectivity index (χ4n) is 2.64. The van der Waals surface area contributed by atoms with Crippen molar-refractivity contribution >= 4 is 12.0 Å². The maximum atomic E-state index is 12.3. The number of urea groups is 1. The van der Waals surface area contributed by atoms with Crippen molar-refractivity contribution < 1.29 is 14.7 Å². The monoisotopic (exact) mass is 291 g/mol. The summed E-state index contributed by atoms with van der Waals surface area (Å²) in [5.74, 6) is -1.10. The van der Waals surface area contributed by atoms with Crippen LogP contribution in [0.5, 0.6) is 0 Å². The van der Waals surface area contributed by atoms with E-state index in [1.807, 2.05) is 19.1 Å². The number of carboxylic acids is 1. The highest BCUT2D eigenvalue weighted by atomic mass is 16.4. The van der Waals surface area contributed by atoms with Crippen LogP contribution in [0.2, 0.25) is 0 Å². The fraction of sp³-hybridized carbons (Fsp3) is 0.533. The second kappa shape index (κ2) is 7.06. The molecule has 6 heteroatoms. The van der Waals surface area contributed by atoms with Gasteiger partial charge in [-0.2, -0.15) is 0 Å². The van der Waals surface area contributed by atoms with E-state index < -0.39 is 5.97 Å². The Balaban J connectivity index is 1.88. The smallest absolute Gasteiger partial charge is 0.317 e. The number of rotatable bonds is 5. The van der Waals surface area contributed by atoms with E-state index in [4.69, 9.17) is 5.11 Å². The minimum Gasteiger partial charge on any atom is -0.481 e. The molecule has 114 valence electrons. The lowest BCUT2D eigenvalue weighted by molar-refractivity contribution is -0.141. The topological polar surface area (TPSA) is 82.5 Å². The fourth-order valence-corrected chi connectivity index (χ4v) is 2.64. The van der Waals surface area contributed by atoms with E-state index in [0.29, 0.717) is 25.9 Å². The van der Waals surface area contributed by atoms with Crippen LogP contribution in [-0.4, -0.2) is 39.6 Å². The van der Waals surface area contributed by atoms with Gasteiger partial charge in [0.15, 0.2) is 0 Å². The molecule has 0 aromatic carbocycles. The highest BCUT2D eigenvalue weighted by Gasteiger charge is 2.31. The van der Waals surface area contributed by atoms with Crippen molar-refractivity contribution in [2.24, 2.45) is 5.92 Å². The third kappa shape index (κ3) is 4.18. The van der Waals surface area contributed by atoms with Crippen molar-refractivity contribution in [3.63, 3.8) is 0 Å². The van der Waals surface area contributed by atoms with Crippen molar-refractivity contribution in [3.05, 3.63) is 30.1 Å². The Bertz CT molecular complexity index is 492. The van der Waals surface area contributed by atoms with Gasteiger partial charge in [0, 0.05) is 31.5 Å². The van der Waals surface area contributed by atoms with Crippen LogP contribution in [-0.2, 0) is 11.3 Å². The number of aromatic nitrogens is 1. The molecule has 0 aliphatic heterocycles. The number of carboxylic acid groups (broad SMARTS) is 1. The summed E-state index contributed by atoms with van der Waals surface area (Å²) in [4.78, 5) is 28.9. The predicted octanol–water partition coefficient (Wildman–Crippen LogP) is 1.87. The van der Waals surface area contributed by atoms with Gasteiger partial charge in [-0.25, -0.2) is 4.79 Å². The summed E-state index contributed by atoms with van der Waals surface area (Å²) in [6.07, 6.45) is 5.30. The van der Waals surface area contributed by atoms with Gasteiger partial charge in [-0.05, 0) is 43.9 Å². The maximum absolute atomic E-state index is 12.3. The number of amides is 2. The van der Waals surface area contributed by atoms with Gasteiger partial charge in [0.05, 0.1) is 5.92 Å². The van der Waals surface area contributed by atoms with Crippen LogP contribution in [0.15, 0.2) is 24.5 Å². The Morgan fingerprint density at radius 2 is 2.10 bits per heavy atom. The lowest BCUT2D eigenvalue weighted by Crippen LogP contribution is -2.43. The molecule has 1 aromatic rings. The van der Waals surface area contributed by atoms with Gasteiger partial charge in [-0.1, -0.05) is 0 Å². The van der Waals surface area contributed by atoms with E-state index in [9.17, 15) is 9.59 Å². The van der Waals surface area contributed by atoms with Crippen molar-refractivity contribution in [2.75, 3.05) is 6.54 Å². The van der Waals surface area contributed by atoms with Gasteiger partial charge < -0.3 is 15.3 Å². The molecule has 0 radical (unpaired) electrons. The zero-order valence-electron chi connectivity index (χ0n) is 12.2. The molecule has 1 aliphatic rings. The average Bonchev–Trinajstić information content (AvgIpc) is 2.94. The summed E-state index contributed by atoms with van der Waals surface area (Å²) >= 11 is 0. The van der Waals surface area contributed by atoms with E-state index in [1.165, 1.54) is 0 Å². The van der Waals surface area contributed by atoms with Crippen LogP contribution < -0.4 is 5.32 Å². The van der Waals surface area contributed by atoms with Crippen LogP contribution >= 0.6 is 0 Å². The Morgan fingerprint density at radius 1 is 1.38 bits per heavy atom. The van der Waals surface area contributed by atoms with Crippen molar-refractivity contribution in [2.45, 2.75) is 38.8 Å². The summed E-state index contributed by atoms with van der Waals surface area (Å²) in [5, 5.41) is 11.9. The van der Waals surface area contributed by atoms with Crippen LogP contribution in [0.1, 0.15) is 31.7 Å². The second-order valence-electron chi connectivity index (χ2n) is 5.36. The molecule has 1 fully saturated rings. The molecule has 0 saturated heterocycles. The average molecular weight is 291 g/mol. The lowest BCUT2D eigenvalue weighted by atomic mass is 10.1. The summed E-state index contributed by atoms with van der Waals surface area (Å²) in [5.41, 5.74) is 1.02. The molecule has 1 heterocycles. The molecule has 21 heavy (non-hydrogen) atoms. The Kier molecular flexibility index (Phi) is 5.14. The zero-order valence-corrected chi connectivity index (χ0v) is 12.2. The third-order valence-corrected chi connectivity index (χ3v) is 3.90. The molecule has 2 rings (SSSR count). The summed E-state index contributed by atoms with van der Waals surface area (Å²) < 4.78 is 0. The van der Waals surface area contributed by atoms with Crippen molar-refractivity contribution in [1.82, 2.24) is 15.2 Å². The van der Waals surface area contributed by atoms with Crippen LogP contribution in [0, 0.1) is 5.92 Å². The molecule has 2 amide bonds. The summed E-state index contributed by atoms with van der Waals surface area (Å²) in [6.45, 7) is 3.05. The summed E-state index contributed by atoms with van der Waals surface area (Å²) in [7, 11) is 0. The van der Waals surface area contributed by atoms with E-state index in [0.717, 1.165) is 12.0 Å². The van der Waals surface area contributed by atoms with E-state index >= 15 is 0 Å². The van der Waals surface area contributed by atoms with Gasteiger partial charge in [-0.3, -0.25) is 9.78 Å². The number of aliphatic carboxylic acids is 1. The molecule has 6 nitrogen and oxygen atoms in total. The molecule has 0 spiro atoms. The Hall–Kier alpha value is -2.11. The number of hydrogen-bond acceptors (Lipinski definition) is 3. The first-order valence-electron chi connectivity index (χ1n) is 7.27. The quantitative estimate of drug-likeness (QED) is 0.867. The minimum absolute atomic E-state index is 0.0370. The Labute approximate surface area is 124 Å². The normalized spacial score (nSPS) is 21.0. The highest BCUT2D eigenvalue weighted by molar-refractivity contribution is 5.75. The zero-order chi connectivity index (χ0) is 15.2. The second-order valence-corrected chi connectivity index (χ2v) is 5.36. The van der Waals surface area contributed by atoms with Gasteiger partial charge in [0.25, 0.3) is 0 Å². The summed E-state index contributed by atoms with van der Waals surface area (Å²) in [6, 6.07) is 3.59. The molecule has 1 aromatic heterocycles. The van der Waals surface area contributed by atoms with Crippen LogP contribution in [0.25, 0.3) is 0 Å². The molecule has 0 unspecified atom stereocenters. The van der Waals surface area contributed by atoms with Gasteiger partial charge in [0.2, 0.25) is 0 Å². The predicted molar refractivity (Wildman–Crippen MR) is 77.6 cm³/mol. The number of carbonyl (C=O) groups excluding carboxylic acids is 1. The van der Waals surface area contributed by atoms with Crippen molar-refractivity contribution in [1.29, 1.82) is 0 Å². The first kappa shape index (κ1) is 15.3. The molecule has 0 bridgehead atoms. The SMILES string of the molecule is CCN(Cc1ccncc1)C(=O)N[C@H]1CC[C@@H](C(=O)O)C1. The standard InChI is InChI=1S/C15H21N3O3/c1-2-18(10-11-5-7-16-8-6-11)15(21)17-13-4-3-12(9-13)14(19)20/h5-8,12-13H,2-4,9-10H2,1H3,(H,17,21)(H,19,20)/t12-,13+/m1/s1. The largest absolute Gasteiger partial charge is 0.481 e. The third-order valence-electron chi connectivity index (χ3n) is 3.90. The number of nitrogens with zero attached hydrogens (tertiary/aromatic N) is 2. The molecule has 2 N–H and O–H groups in total. The maximum Gasteiger partial charge on any atom is 0.317 e. The molecule has 1 saturated carbocycles. The first-order valence-corrected chi connectivity index (χ1v) is 7.27. The van der Waals surface area contributed by atoms with E-state index in [-0.39, 0.29) is 18.0 Å². The molecule has 1 aliphatic carbocycles. The highest BCUT2D eigenvalue weighted by Crippen LogP contribution is 2.25. The number of pyridine rings is 1. The Morgan fingerprint density at radius 3 is 2.67 bits per heavy atom. The van der Waals surface area contributed by atoms with Gasteiger partial charge in [0.1, 0.15) is 0 Å². The van der Waals surface area contributed by atoms with E-state index in [1.54, 1.807) is 17.3 Å². The van der Waals surface area contributed by atoms with Crippen LogP contribution in [0.3, 0.4) is 0 Å². The van der Waals surface area contributed by atoms with Gasteiger partial charge in [-0.15, -0.1) is 0 Å². The molecular weight excluding hydrogens is 270 g/mol. The number of nitrogens with one attached hydrogen (secondary N) is 1. The number of carbonyl (C=O) groups is 2. The van der Waals surface area contributed by atoms with Crippen molar-refractivity contribution in [3.8, 4) is 0 Å². The van der Waals surface area contributed by atoms with E-state index in [2.05, 4.69) is 10.3 Å². The molecule has 2 atom stereocenters. The lowest BCUT2D eigenvalue weighted by Gasteiger charge is -2.24. The van der Waals surface area contributed by atoms with Crippen LogP contribution in [0.4, 0.5) is 4.79 Å². The first-order chi connectivity index (χ1) is 10.1.